The molecule has 35 heavy (non-hydrogen) atoms. The summed E-state index contributed by atoms with van der Waals surface area (Å²) in [5.74, 6) is -6.25. The quantitative estimate of drug-likeness (QED) is 0.428. The number of amides is 4. The molecule has 1 saturated carbocycles. The maximum absolute atomic E-state index is 13.4. The molecule has 10 nitrogen and oxygen atoms in total. The number of carboxylic acid groups (broad SMARTS) is 1. The first-order chi connectivity index (χ1) is 16.2. The lowest BCUT2D eigenvalue weighted by atomic mass is 9.92. The molecule has 1 aliphatic heterocycles. The predicted octanol–water partition coefficient (Wildman–Crippen LogP) is 1.04. The number of carbonyl (C=O) groups is 5. The highest BCUT2D eigenvalue weighted by Gasteiger charge is 2.51. The molecule has 198 valence electrons. The van der Waals surface area contributed by atoms with Crippen LogP contribution in [0.4, 0.5) is 13.2 Å². The van der Waals surface area contributed by atoms with E-state index in [4.69, 9.17) is 0 Å². The zero-order chi connectivity index (χ0) is 26.6. The first kappa shape index (κ1) is 28.4. The summed E-state index contributed by atoms with van der Waals surface area (Å²) in [4.78, 5) is 64.8. The summed E-state index contributed by atoms with van der Waals surface area (Å²) >= 11 is 0. The van der Waals surface area contributed by atoms with E-state index in [1.807, 2.05) is 5.32 Å². The van der Waals surface area contributed by atoms with Gasteiger partial charge >= 0.3 is 18.1 Å². The summed E-state index contributed by atoms with van der Waals surface area (Å²) < 4.78 is 38.8. The van der Waals surface area contributed by atoms with Gasteiger partial charge in [-0.15, -0.1) is 0 Å². The Balaban J connectivity index is 2.25. The van der Waals surface area contributed by atoms with Gasteiger partial charge in [-0.1, -0.05) is 26.7 Å². The third kappa shape index (κ3) is 6.85. The Morgan fingerprint density at radius 3 is 2.03 bits per heavy atom. The number of hydrogen-bond acceptors (Lipinski definition) is 5. The average Bonchev–Trinajstić information content (AvgIpc) is 3.43. The van der Waals surface area contributed by atoms with Gasteiger partial charge in [0, 0.05) is 20.1 Å². The lowest BCUT2D eigenvalue weighted by molar-refractivity contribution is -0.177. The van der Waals surface area contributed by atoms with Crippen LogP contribution in [0.2, 0.25) is 0 Å². The standard InChI is InChI=1S/C22H33F3N4O6/c1-13(2)16(17(32)26-14(12-15(30)31)18(33)29-10-6-7-11-29)28(3)20(35)21(8-4-5-9-21)27-19(34)22(23,24)25/h13-14,16H,4-12H2,1-3H3,(H,26,32)(H,27,34)(H,30,31)/t14-,16?/m0/s1. The van der Waals surface area contributed by atoms with E-state index in [-0.39, 0.29) is 12.8 Å². The van der Waals surface area contributed by atoms with Gasteiger partial charge in [0.2, 0.25) is 17.7 Å². The Morgan fingerprint density at radius 1 is 1.03 bits per heavy atom. The molecule has 1 aliphatic carbocycles. The number of nitrogens with one attached hydrogen (secondary N) is 2. The van der Waals surface area contributed by atoms with Crippen molar-refractivity contribution in [2.45, 2.75) is 82.6 Å². The number of hydrogen-bond donors (Lipinski definition) is 3. The molecule has 2 fully saturated rings. The van der Waals surface area contributed by atoms with E-state index in [1.165, 1.54) is 11.9 Å². The van der Waals surface area contributed by atoms with Gasteiger partial charge in [0.15, 0.2) is 0 Å². The molecule has 0 aromatic carbocycles. The van der Waals surface area contributed by atoms with Gasteiger partial charge in [0.05, 0.1) is 6.42 Å². The maximum Gasteiger partial charge on any atom is 0.471 e. The Hall–Kier alpha value is -2.86. The summed E-state index contributed by atoms with van der Waals surface area (Å²) in [6.45, 7) is 4.10. The van der Waals surface area contributed by atoms with Gasteiger partial charge in [-0.25, -0.2) is 0 Å². The van der Waals surface area contributed by atoms with E-state index >= 15 is 0 Å². The van der Waals surface area contributed by atoms with Crippen molar-refractivity contribution in [2.75, 3.05) is 20.1 Å². The number of alkyl halides is 3. The fourth-order valence-electron chi connectivity index (χ4n) is 4.84. The molecule has 1 unspecified atom stereocenters. The second kappa shape index (κ2) is 11.3. The minimum Gasteiger partial charge on any atom is -0.481 e. The number of halogens is 3. The zero-order valence-electron chi connectivity index (χ0n) is 20.1. The largest absolute Gasteiger partial charge is 0.481 e. The normalized spacial score (nSPS) is 19.2. The monoisotopic (exact) mass is 506 g/mol. The van der Waals surface area contributed by atoms with E-state index in [1.54, 1.807) is 13.8 Å². The Labute approximate surface area is 201 Å². The van der Waals surface area contributed by atoms with Crippen molar-refractivity contribution >= 4 is 29.6 Å². The molecular formula is C22H33F3N4O6. The number of aliphatic carboxylic acids is 1. The van der Waals surface area contributed by atoms with Gasteiger partial charge in [0.25, 0.3) is 0 Å². The van der Waals surface area contributed by atoms with Crippen molar-refractivity contribution in [1.82, 2.24) is 20.4 Å². The fraction of sp³-hybridized carbons (Fsp3) is 0.773. The van der Waals surface area contributed by atoms with Crippen molar-refractivity contribution < 1.29 is 42.3 Å². The van der Waals surface area contributed by atoms with Crippen LogP contribution in [0.3, 0.4) is 0 Å². The Kier molecular flexibility index (Phi) is 9.12. The second-order valence-electron chi connectivity index (χ2n) is 9.54. The maximum atomic E-state index is 13.4. The highest BCUT2D eigenvalue weighted by molar-refractivity contribution is 5.97. The van der Waals surface area contributed by atoms with Gasteiger partial charge in [-0.2, -0.15) is 13.2 Å². The SMILES string of the molecule is CC(C)C(C(=O)N[C@@H](CC(=O)O)C(=O)N1CCCC1)N(C)C(=O)C1(NC(=O)C(F)(F)F)CCCC1. The van der Waals surface area contributed by atoms with E-state index in [0.717, 1.165) is 17.7 Å². The van der Waals surface area contributed by atoms with Crippen LogP contribution in [0.5, 0.6) is 0 Å². The van der Waals surface area contributed by atoms with Crippen LogP contribution in [-0.2, 0) is 24.0 Å². The summed E-state index contributed by atoms with van der Waals surface area (Å²) in [7, 11) is 1.25. The number of nitrogens with zero attached hydrogens (tertiary/aromatic N) is 2. The van der Waals surface area contributed by atoms with Crippen LogP contribution in [-0.4, -0.2) is 88.4 Å². The number of rotatable bonds is 9. The van der Waals surface area contributed by atoms with E-state index in [0.29, 0.717) is 25.9 Å². The van der Waals surface area contributed by atoms with Crippen LogP contribution >= 0.6 is 0 Å². The van der Waals surface area contributed by atoms with Gasteiger partial charge in [-0.3, -0.25) is 24.0 Å². The number of carboxylic acids is 1. The molecule has 0 radical (unpaired) electrons. The second-order valence-corrected chi connectivity index (χ2v) is 9.54. The van der Waals surface area contributed by atoms with Crippen LogP contribution in [0.25, 0.3) is 0 Å². The molecule has 0 aromatic heterocycles. The molecule has 2 aliphatic rings. The van der Waals surface area contributed by atoms with E-state index in [9.17, 15) is 42.3 Å². The third-order valence-electron chi connectivity index (χ3n) is 6.53. The molecule has 2 rings (SSSR count). The van der Waals surface area contributed by atoms with Gasteiger partial charge in [0.1, 0.15) is 17.6 Å². The van der Waals surface area contributed by atoms with Crippen LogP contribution in [0, 0.1) is 5.92 Å². The Morgan fingerprint density at radius 2 is 1.57 bits per heavy atom. The van der Waals surface area contributed by atoms with E-state index < -0.39 is 65.7 Å². The highest BCUT2D eigenvalue weighted by Crippen LogP contribution is 2.33. The van der Waals surface area contributed by atoms with Gasteiger partial charge < -0.3 is 25.5 Å². The molecule has 4 amide bonds. The zero-order valence-corrected chi connectivity index (χ0v) is 20.1. The molecule has 13 heteroatoms. The number of likely N-dealkylation sites (N-methyl/N-ethyl adjacent to an activating group) is 1. The molecule has 0 bridgehead atoms. The summed E-state index contributed by atoms with van der Waals surface area (Å²) in [6, 6.07) is -2.57. The molecule has 0 spiro atoms. The first-order valence-electron chi connectivity index (χ1n) is 11.7. The summed E-state index contributed by atoms with van der Waals surface area (Å²) in [6.07, 6.45) is -3.51. The van der Waals surface area contributed by atoms with Crippen LogP contribution in [0.15, 0.2) is 0 Å². The number of carbonyl (C=O) groups excluding carboxylic acids is 4. The van der Waals surface area contributed by atoms with Crippen molar-refractivity contribution in [3.8, 4) is 0 Å². The first-order valence-corrected chi connectivity index (χ1v) is 11.7. The lowest BCUT2D eigenvalue weighted by Gasteiger charge is -2.38. The third-order valence-corrected chi connectivity index (χ3v) is 6.53. The predicted molar refractivity (Wildman–Crippen MR) is 117 cm³/mol. The number of likely N-dealkylation sites (tertiary alicyclic amines) is 1. The Bertz CT molecular complexity index is 836. The smallest absolute Gasteiger partial charge is 0.471 e. The minimum absolute atomic E-state index is 0.0144. The molecule has 1 saturated heterocycles. The van der Waals surface area contributed by atoms with Gasteiger partial charge in [-0.05, 0) is 31.6 Å². The van der Waals surface area contributed by atoms with Crippen molar-refractivity contribution in [1.29, 1.82) is 0 Å². The summed E-state index contributed by atoms with van der Waals surface area (Å²) in [5, 5.41) is 13.5. The van der Waals surface area contributed by atoms with Crippen molar-refractivity contribution in [2.24, 2.45) is 5.92 Å². The molecule has 2 atom stereocenters. The fourth-order valence-corrected chi connectivity index (χ4v) is 4.84. The molecule has 3 N–H and O–H groups in total. The topological polar surface area (TPSA) is 136 Å². The molecule has 0 aromatic rings. The average molecular weight is 507 g/mol. The van der Waals surface area contributed by atoms with Crippen LogP contribution < -0.4 is 10.6 Å². The van der Waals surface area contributed by atoms with Crippen molar-refractivity contribution in [3.63, 3.8) is 0 Å². The minimum atomic E-state index is -5.18. The molecule has 1 heterocycles. The highest BCUT2D eigenvalue weighted by atomic mass is 19.4. The summed E-state index contributed by atoms with van der Waals surface area (Å²) in [5.41, 5.74) is -1.80. The molecular weight excluding hydrogens is 473 g/mol. The van der Waals surface area contributed by atoms with Crippen molar-refractivity contribution in [3.05, 3.63) is 0 Å². The van der Waals surface area contributed by atoms with E-state index in [2.05, 4.69) is 5.32 Å². The lowest BCUT2D eigenvalue weighted by Crippen LogP contribution is -2.64. The van der Waals surface area contributed by atoms with Crippen LogP contribution in [0.1, 0.15) is 58.8 Å².